The number of esters is 1. The van der Waals surface area contributed by atoms with E-state index >= 15 is 0 Å². The van der Waals surface area contributed by atoms with E-state index in [-0.39, 0.29) is 12.4 Å². The maximum atomic E-state index is 13.0. The number of carbonyl (C=O) groups is 1. The molecule has 0 aliphatic rings. The first kappa shape index (κ1) is 15.7. The van der Waals surface area contributed by atoms with Crippen molar-refractivity contribution >= 4 is 11.9 Å². The van der Waals surface area contributed by atoms with Crippen LogP contribution in [0.15, 0.2) is 36.5 Å². The zero-order valence-corrected chi connectivity index (χ0v) is 12.2. The lowest BCUT2D eigenvalue weighted by Gasteiger charge is -2.16. The van der Waals surface area contributed by atoms with E-state index in [9.17, 15) is 9.18 Å². The van der Waals surface area contributed by atoms with Gasteiger partial charge in [0.2, 0.25) is 11.8 Å². The van der Waals surface area contributed by atoms with Crippen LogP contribution in [0.1, 0.15) is 11.5 Å². The Morgan fingerprint density at radius 3 is 2.64 bits per heavy atom. The van der Waals surface area contributed by atoms with Crippen molar-refractivity contribution in [2.24, 2.45) is 0 Å². The summed E-state index contributed by atoms with van der Waals surface area (Å²) >= 11 is 0. The molecular weight excluding hydrogens is 289 g/mol. The van der Waals surface area contributed by atoms with Crippen molar-refractivity contribution in [2.45, 2.75) is 5.92 Å². The van der Waals surface area contributed by atoms with Crippen molar-refractivity contribution in [2.75, 3.05) is 26.1 Å². The highest BCUT2D eigenvalue weighted by molar-refractivity contribution is 5.78. The fourth-order valence-corrected chi connectivity index (χ4v) is 1.91. The molecule has 22 heavy (non-hydrogen) atoms. The molecule has 1 aromatic carbocycles. The molecule has 0 spiro atoms. The number of anilines is 1. The second-order valence-corrected chi connectivity index (χ2v) is 4.43. The van der Waals surface area contributed by atoms with Crippen LogP contribution in [0.5, 0.6) is 5.88 Å². The average Bonchev–Trinajstić information content (AvgIpc) is 2.56. The Kier molecular flexibility index (Phi) is 5.24. The molecule has 1 atom stereocenters. The minimum absolute atomic E-state index is 0.214. The first-order valence-electron chi connectivity index (χ1n) is 6.58. The van der Waals surface area contributed by atoms with Crippen LogP contribution in [0, 0.1) is 5.82 Å². The second kappa shape index (κ2) is 7.35. The number of hydrogen-bond acceptors (Lipinski definition) is 6. The van der Waals surface area contributed by atoms with Crippen LogP contribution >= 0.6 is 0 Å². The zero-order chi connectivity index (χ0) is 15.9. The number of benzene rings is 1. The summed E-state index contributed by atoms with van der Waals surface area (Å²) in [6.45, 7) is 0.214. The van der Waals surface area contributed by atoms with E-state index in [0.29, 0.717) is 17.4 Å². The van der Waals surface area contributed by atoms with Gasteiger partial charge in [0.25, 0.3) is 0 Å². The molecular formula is C15H16FN3O3. The Labute approximate surface area is 127 Å². The second-order valence-electron chi connectivity index (χ2n) is 4.43. The highest BCUT2D eigenvalue weighted by atomic mass is 19.1. The third-order valence-electron chi connectivity index (χ3n) is 3.06. The van der Waals surface area contributed by atoms with Gasteiger partial charge in [0, 0.05) is 18.8 Å². The molecule has 0 amide bonds. The molecule has 2 aromatic rings. The van der Waals surface area contributed by atoms with Crippen molar-refractivity contribution in [3.05, 3.63) is 47.9 Å². The van der Waals surface area contributed by atoms with Crippen LogP contribution < -0.4 is 10.1 Å². The zero-order valence-electron chi connectivity index (χ0n) is 12.2. The van der Waals surface area contributed by atoms with Crippen molar-refractivity contribution in [3.8, 4) is 5.88 Å². The normalized spacial score (nSPS) is 11.6. The van der Waals surface area contributed by atoms with Gasteiger partial charge < -0.3 is 14.8 Å². The maximum Gasteiger partial charge on any atom is 0.314 e. The van der Waals surface area contributed by atoms with E-state index in [1.807, 2.05) is 0 Å². The summed E-state index contributed by atoms with van der Waals surface area (Å²) in [7, 11) is 2.81. The predicted octanol–water partition coefficient (Wildman–Crippen LogP) is 1.99. The largest absolute Gasteiger partial charge is 0.481 e. The van der Waals surface area contributed by atoms with E-state index in [1.54, 1.807) is 24.4 Å². The van der Waals surface area contributed by atoms with Crippen molar-refractivity contribution in [1.82, 2.24) is 9.97 Å². The molecule has 0 saturated heterocycles. The standard InChI is InChI=1S/C15H16FN3O3/c1-21-13-7-8-17-15(19-13)18-9-12(14(20)22-2)10-3-5-11(16)6-4-10/h3-8,12H,9H2,1-2H3,(H,17,18,19). The third-order valence-corrected chi connectivity index (χ3v) is 3.06. The number of methoxy groups -OCH3 is 2. The fraction of sp³-hybridized carbons (Fsp3) is 0.267. The molecule has 0 bridgehead atoms. The summed E-state index contributed by atoms with van der Waals surface area (Å²) in [5.41, 5.74) is 0.642. The molecule has 0 radical (unpaired) electrons. The smallest absolute Gasteiger partial charge is 0.314 e. The number of nitrogens with one attached hydrogen (secondary N) is 1. The molecule has 116 valence electrons. The lowest BCUT2D eigenvalue weighted by Crippen LogP contribution is -2.23. The van der Waals surface area contributed by atoms with Crippen LogP contribution in [0.2, 0.25) is 0 Å². The first-order valence-corrected chi connectivity index (χ1v) is 6.58. The van der Waals surface area contributed by atoms with Crippen LogP contribution in [-0.4, -0.2) is 36.7 Å². The van der Waals surface area contributed by atoms with Gasteiger partial charge in [-0.05, 0) is 17.7 Å². The quantitative estimate of drug-likeness (QED) is 0.823. The molecule has 1 heterocycles. The molecule has 6 nitrogen and oxygen atoms in total. The van der Waals surface area contributed by atoms with Crippen LogP contribution in [0.4, 0.5) is 10.3 Å². The highest BCUT2D eigenvalue weighted by Gasteiger charge is 2.21. The number of rotatable bonds is 6. The van der Waals surface area contributed by atoms with E-state index < -0.39 is 11.9 Å². The van der Waals surface area contributed by atoms with Gasteiger partial charge in [0.15, 0.2) is 0 Å². The van der Waals surface area contributed by atoms with Crippen molar-refractivity contribution in [1.29, 1.82) is 0 Å². The van der Waals surface area contributed by atoms with Gasteiger partial charge in [-0.1, -0.05) is 12.1 Å². The van der Waals surface area contributed by atoms with Gasteiger partial charge in [-0.2, -0.15) is 4.98 Å². The molecule has 1 aromatic heterocycles. The molecule has 0 aliphatic heterocycles. The molecule has 7 heteroatoms. The number of aromatic nitrogens is 2. The summed E-state index contributed by atoms with van der Waals surface area (Å²) in [5, 5.41) is 2.95. The predicted molar refractivity (Wildman–Crippen MR) is 78.2 cm³/mol. The highest BCUT2D eigenvalue weighted by Crippen LogP contribution is 2.19. The number of halogens is 1. The number of carbonyl (C=O) groups excluding carboxylic acids is 1. The van der Waals surface area contributed by atoms with E-state index in [1.165, 1.54) is 26.4 Å². The van der Waals surface area contributed by atoms with Gasteiger partial charge in [0.1, 0.15) is 5.82 Å². The van der Waals surface area contributed by atoms with E-state index in [0.717, 1.165) is 0 Å². The Balaban J connectivity index is 2.13. The average molecular weight is 305 g/mol. The molecule has 0 fully saturated rings. The molecule has 2 rings (SSSR count). The molecule has 1 unspecified atom stereocenters. The van der Waals surface area contributed by atoms with E-state index in [4.69, 9.17) is 9.47 Å². The number of nitrogens with zero attached hydrogens (tertiary/aromatic N) is 2. The Hall–Kier alpha value is -2.70. The lowest BCUT2D eigenvalue weighted by atomic mass is 9.99. The summed E-state index contributed by atoms with van der Waals surface area (Å²) in [6.07, 6.45) is 1.54. The third kappa shape index (κ3) is 3.91. The van der Waals surface area contributed by atoms with Crippen LogP contribution in [0.3, 0.4) is 0 Å². The fourth-order valence-electron chi connectivity index (χ4n) is 1.91. The summed E-state index contributed by atoms with van der Waals surface area (Å²) in [4.78, 5) is 20.1. The molecule has 1 N–H and O–H groups in total. The topological polar surface area (TPSA) is 73.3 Å². The van der Waals surface area contributed by atoms with Gasteiger partial charge in [0.05, 0.1) is 20.1 Å². The maximum absolute atomic E-state index is 13.0. The Bertz CT molecular complexity index is 634. The Morgan fingerprint density at radius 2 is 2.00 bits per heavy atom. The van der Waals surface area contributed by atoms with Gasteiger partial charge in [-0.15, -0.1) is 0 Å². The SMILES string of the molecule is COC(=O)C(CNc1nccc(OC)n1)c1ccc(F)cc1. The summed E-state index contributed by atoms with van der Waals surface area (Å²) in [5.74, 6) is -0.650. The molecule has 0 aliphatic carbocycles. The summed E-state index contributed by atoms with van der Waals surface area (Å²) in [6, 6.07) is 7.31. The van der Waals surface area contributed by atoms with Gasteiger partial charge in [-0.3, -0.25) is 4.79 Å². The van der Waals surface area contributed by atoms with Gasteiger partial charge >= 0.3 is 5.97 Å². The van der Waals surface area contributed by atoms with Gasteiger partial charge in [-0.25, -0.2) is 9.37 Å². The van der Waals surface area contributed by atoms with Crippen LogP contribution in [-0.2, 0) is 9.53 Å². The van der Waals surface area contributed by atoms with E-state index in [2.05, 4.69) is 15.3 Å². The Morgan fingerprint density at radius 1 is 1.27 bits per heavy atom. The van der Waals surface area contributed by atoms with Crippen LogP contribution in [0.25, 0.3) is 0 Å². The lowest BCUT2D eigenvalue weighted by molar-refractivity contribution is -0.142. The molecule has 0 saturated carbocycles. The number of hydrogen-bond donors (Lipinski definition) is 1. The minimum atomic E-state index is -0.597. The number of ether oxygens (including phenoxy) is 2. The monoisotopic (exact) mass is 305 g/mol. The minimum Gasteiger partial charge on any atom is -0.481 e. The van der Waals surface area contributed by atoms with Crippen molar-refractivity contribution in [3.63, 3.8) is 0 Å². The first-order chi connectivity index (χ1) is 10.6. The summed E-state index contributed by atoms with van der Waals surface area (Å²) < 4.78 is 22.8. The van der Waals surface area contributed by atoms with Crippen molar-refractivity contribution < 1.29 is 18.7 Å².